The van der Waals surface area contributed by atoms with Gasteiger partial charge in [-0.05, 0) is 0 Å². The number of carbonyl (C=O) groups is 2. The van der Waals surface area contributed by atoms with Crippen molar-refractivity contribution in [2.24, 2.45) is 0 Å². The molecule has 0 aromatic heterocycles. The van der Waals surface area contributed by atoms with Crippen molar-refractivity contribution in [3.63, 3.8) is 0 Å². The van der Waals surface area contributed by atoms with E-state index in [4.69, 9.17) is 10.5 Å². The zero-order valence-electron chi connectivity index (χ0n) is 4.34. The Labute approximate surface area is 50.2 Å². The molecule has 1 atom stereocenters. The van der Waals surface area contributed by atoms with Gasteiger partial charge in [-0.1, -0.05) is 0 Å². The largest absolute Gasteiger partial charge is 0.377 e. The van der Waals surface area contributed by atoms with E-state index >= 15 is 0 Å². The van der Waals surface area contributed by atoms with Gasteiger partial charge in [0.15, 0.2) is 6.10 Å². The maximum Gasteiger partial charge on any atom is 0.274 e. The number of amides is 2. The van der Waals surface area contributed by atoms with Gasteiger partial charge in [0.05, 0.1) is 0 Å². The summed E-state index contributed by atoms with van der Waals surface area (Å²) >= 11 is 0. The maximum atomic E-state index is 10.3. The summed E-state index contributed by atoms with van der Waals surface area (Å²) in [5, 5.41) is 17.1. The Morgan fingerprint density at radius 1 is 1.56 bits per heavy atom. The third kappa shape index (κ3) is 0.706. The van der Waals surface area contributed by atoms with Crippen LogP contribution in [0.4, 0.5) is 0 Å². The summed E-state index contributed by atoms with van der Waals surface area (Å²) in [4.78, 5) is 20.6. The van der Waals surface area contributed by atoms with E-state index < -0.39 is 23.6 Å². The Kier molecular flexibility index (Phi) is 1.07. The van der Waals surface area contributed by atoms with Crippen molar-refractivity contribution in [2.75, 3.05) is 0 Å². The molecule has 1 heterocycles. The Hall–Kier alpha value is -1.23. The summed E-state index contributed by atoms with van der Waals surface area (Å²) in [6.45, 7) is 0. The normalized spacial score (nSPS) is 26.8. The fourth-order valence-electron chi connectivity index (χ4n) is 0.503. The van der Waals surface area contributed by atoms with Gasteiger partial charge in [0.25, 0.3) is 11.8 Å². The standard InChI is InChI=1S/C4H4N2O3/c5-1-2(7)4(9)6-3(1)8/h2,5,7H,(H,6,8,9). The number of aliphatic hydroxyl groups excluding tert-OH is 1. The van der Waals surface area contributed by atoms with Crippen LogP contribution >= 0.6 is 0 Å². The van der Waals surface area contributed by atoms with E-state index in [1.54, 1.807) is 5.32 Å². The zero-order chi connectivity index (χ0) is 7.02. The van der Waals surface area contributed by atoms with Crippen molar-refractivity contribution in [1.29, 1.82) is 5.41 Å². The molecular formula is C4H4N2O3. The second-order valence-corrected chi connectivity index (χ2v) is 1.63. The Morgan fingerprint density at radius 2 is 2.11 bits per heavy atom. The monoisotopic (exact) mass is 128 g/mol. The molecule has 2 amide bonds. The summed E-state index contributed by atoms with van der Waals surface area (Å²) in [5.74, 6) is -1.63. The molecule has 0 aromatic carbocycles. The molecule has 0 aliphatic carbocycles. The van der Waals surface area contributed by atoms with Gasteiger partial charge in [0, 0.05) is 0 Å². The average Bonchev–Trinajstić information content (AvgIpc) is 1.98. The average molecular weight is 128 g/mol. The molecule has 5 nitrogen and oxygen atoms in total. The SMILES string of the molecule is N=C1C(=O)NC(=O)C1O. The van der Waals surface area contributed by atoms with Gasteiger partial charge in [-0.15, -0.1) is 0 Å². The van der Waals surface area contributed by atoms with E-state index in [1.807, 2.05) is 0 Å². The molecule has 5 heteroatoms. The minimum atomic E-state index is -1.56. The molecule has 0 saturated carbocycles. The molecule has 48 valence electrons. The topological polar surface area (TPSA) is 90.3 Å². The van der Waals surface area contributed by atoms with E-state index in [1.165, 1.54) is 0 Å². The van der Waals surface area contributed by atoms with Crippen molar-refractivity contribution in [1.82, 2.24) is 5.32 Å². The van der Waals surface area contributed by atoms with Crippen LogP contribution in [0.2, 0.25) is 0 Å². The third-order valence-electron chi connectivity index (χ3n) is 1.00. The van der Waals surface area contributed by atoms with Crippen LogP contribution < -0.4 is 5.32 Å². The van der Waals surface area contributed by atoms with Crippen LogP contribution in [-0.2, 0) is 9.59 Å². The lowest BCUT2D eigenvalue weighted by Gasteiger charge is -1.89. The predicted octanol–water partition coefficient (Wildman–Crippen LogP) is -1.98. The van der Waals surface area contributed by atoms with Crippen molar-refractivity contribution < 1.29 is 14.7 Å². The quantitative estimate of drug-likeness (QED) is 0.330. The second kappa shape index (κ2) is 1.63. The first-order valence-corrected chi connectivity index (χ1v) is 2.24. The van der Waals surface area contributed by atoms with Crippen molar-refractivity contribution >= 4 is 17.5 Å². The van der Waals surface area contributed by atoms with Gasteiger partial charge >= 0.3 is 0 Å². The van der Waals surface area contributed by atoms with Gasteiger partial charge in [-0.25, -0.2) is 0 Å². The molecule has 1 aliphatic heterocycles. The van der Waals surface area contributed by atoms with Crippen LogP contribution in [0.5, 0.6) is 0 Å². The highest BCUT2D eigenvalue weighted by molar-refractivity contribution is 6.50. The lowest BCUT2D eigenvalue weighted by atomic mass is 10.3. The van der Waals surface area contributed by atoms with Crippen molar-refractivity contribution in [3.05, 3.63) is 0 Å². The van der Waals surface area contributed by atoms with Crippen LogP contribution in [0.1, 0.15) is 0 Å². The summed E-state index contributed by atoms with van der Waals surface area (Å²) in [5.41, 5.74) is -0.583. The van der Waals surface area contributed by atoms with E-state index in [-0.39, 0.29) is 0 Å². The smallest absolute Gasteiger partial charge is 0.274 e. The fourth-order valence-corrected chi connectivity index (χ4v) is 0.503. The molecule has 1 unspecified atom stereocenters. The van der Waals surface area contributed by atoms with Crippen LogP contribution in [-0.4, -0.2) is 28.7 Å². The molecule has 1 aliphatic rings. The maximum absolute atomic E-state index is 10.3. The Bertz CT molecular complexity index is 198. The molecule has 3 N–H and O–H groups in total. The van der Waals surface area contributed by atoms with E-state index in [0.717, 1.165) is 0 Å². The van der Waals surface area contributed by atoms with Gasteiger partial charge < -0.3 is 5.11 Å². The molecule has 9 heavy (non-hydrogen) atoms. The van der Waals surface area contributed by atoms with E-state index in [2.05, 4.69) is 0 Å². The van der Waals surface area contributed by atoms with Crippen molar-refractivity contribution in [2.45, 2.75) is 6.10 Å². The van der Waals surface area contributed by atoms with Crippen LogP contribution in [0, 0.1) is 5.41 Å². The number of rotatable bonds is 0. The minimum absolute atomic E-state index is 0.583. The lowest BCUT2D eigenvalue weighted by molar-refractivity contribution is -0.127. The molecule has 0 aromatic rings. The number of aliphatic hydroxyl groups is 1. The third-order valence-corrected chi connectivity index (χ3v) is 1.00. The highest BCUT2D eigenvalue weighted by Crippen LogP contribution is 1.94. The van der Waals surface area contributed by atoms with Crippen LogP contribution in [0.3, 0.4) is 0 Å². The second-order valence-electron chi connectivity index (χ2n) is 1.63. The summed E-state index contributed by atoms with van der Waals surface area (Å²) < 4.78 is 0. The van der Waals surface area contributed by atoms with Gasteiger partial charge in [0.1, 0.15) is 5.71 Å². The zero-order valence-corrected chi connectivity index (χ0v) is 4.34. The summed E-state index contributed by atoms with van der Waals surface area (Å²) in [6, 6.07) is 0. The molecule has 0 spiro atoms. The predicted molar refractivity (Wildman–Crippen MR) is 26.9 cm³/mol. The first-order valence-electron chi connectivity index (χ1n) is 2.24. The number of imide groups is 1. The molecule has 0 bridgehead atoms. The van der Waals surface area contributed by atoms with Gasteiger partial charge in [-0.2, -0.15) is 0 Å². The van der Waals surface area contributed by atoms with Crippen LogP contribution in [0.25, 0.3) is 0 Å². The fraction of sp³-hybridized carbons (Fsp3) is 0.250. The molecule has 1 saturated heterocycles. The van der Waals surface area contributed by atoms with Crippen molar-refractivity contribution in [3.8, 4) is 0 Å². The number of hydrogen-bond donors (Lipinski definition) is 3. The van der Waals surface area contributed by atoms with E-state index in [9.17, 15) is 9.59 Å². The Morgan fingerprint density at radius 3 is 2.22 bits per heavy atom. The highest BCUT2D eigenvalue weighted by Gasteiger charge is 2.34. The summed E-state index contributed by atoms with van der Waals surface area (Å²) in [7, 11) is 0. The minimum Gasteiger partial charge on any atom is -0.377 e. The van der Waals surface area contributed by atoms with E-state index in [0.29, 0.717) is 0 Å². The van der Waals surface area contributed by atoms with Gasteiger partial charge in [-0.3, -0.25) is 20.3 Å². The molecule has 0 radical (unpaired) electrons. The number of carbonyl (C=O) groups excluding carboxylic acids is 2. The van der Waals surface area contributed by atoms with Crippen LogP contribution in [0.15, 0.2) is 0 Å². The first kappa shape index (κ1) is 5.90. The summed E-state index contributed by atoms with van der Waals surface area (Å²) in [6.07, 6.45) is -1.56. The molecule has 1 fully saturated rings. The number of nitrogens with one attached hydrogen (secondary N) is 2. The Balaban J connectivity index is 2.90. The highest BCUT2D eigenvalue weighted by atomic mass is 16.3. The lowest BCUT2D eigenvalue weighted by Crippen LogP contribution is -2.24. The molecule has 1 rings (SSSR count). The molecular weight excluding hydrogens is 124 g/mol. The van der Waals surface area contributed by atoms with Gasteiger partial charge in [0.2, 0.25) is 0 Å². The first-order chi connectivity index (χ1) is 4.13. The number of hydrogen-bond acceptors (Lipinski definition) is 4.